The first-order valence-corrected chi connectivity index (χ1v) is 9.69. The highest BCUT2D eigenvalue weighted by atomic mass is 16.3. The summed E-state index contributed by atoms with van der Waals surface area (Å²) in [4.78, 5) is 32.9. The maximum absolute atomic E-state index is 13.4. The zero-order valence-corrected chi connectivity index (χ0v) is 16.6. The van der Waals surface area contributed by atoms with Gasteiger partial charge in [0.1, 0.15) is 5.76 Å². The quantitative estimate of drug-likeness (QED) is 0.534. The Kier molecular flexibility index (Phi) is 4.17. The number of aromatic nitrogens is 3. The van der Waals surface area contributed by atoms with Gasteiger partial charge in [-0.15, -0.1) is 0 Å². The Labute approximate surface area is 172 Å². The molecular weight excluding hydrogens is 380 g/mol. The molecule has 1 aliphatic carbocycles. The van der Waals surface area contributed by atoms with E-state index in [1.165, 1.54) is 4.68 Å². The Morgan fingerprint density at radius 2 is 1.97 bits per heavy atom. The van der Waals surface area contributed by atoms with Crippen molar-refractivity contribution >= 4 is 16.8 Å². The highest BCUT2D eigenvalue weighted by Crippen LogP contribution is 2.38. The molecule has 0 fully saturated rings. The predicted molar refractivity (Wildman–Crippen MR) is 113 cm³/mol. The topological polar surface area (TPSA) is 84.1 Å². The van der Waals surface area contributed by atoms with Crippen LogP contribution < -0.4 is 5.56 Å². The van der Waals surface area contributed by atoms with Gasteiger partial charge in [-0.3, -0.25) is 14.7 Å². The average Bonchev–Trinajstić information content (AvgIpc) is 3.39. The third-order valence-electron chi connectivity index (χ3n) is 5.41. The lowest BCUT2D eigenvalue weighted by molar-refractivity contribution is 0.101. The number of nitrogens with one attached hydrogen (secondary N) is 1. The maximum atomic E-state index is 13.4. The second-order valence-electron chi connectivity index (χ2n) is 7.61. The van der Waals surface area contributed by atoms with Gasteiger partial charge < -0.3 is 9.32 Å². The highest BCUT2D eigenvalue weighted by Gasteiger charge is 2.35. The smallest absolute Gasteiger partial charge is 0.281 e. The molecular formula is C23H20N4O3. The van der Waals surface area contributed by atoms with E-state index in [9.17, 15) is 9.59 Å². The molecule has 0 spiro atoms. The molecule has 0 saturated heterocycles. The lowest BCUT2D eigenvalue weighted by atomic mass is 9.78. The molecule has 1 aromatic carbocycles. The molecule has 7 nitrogen and oxygen atoms in total. The van der Waals surface area contributed by atoms with Crippen molar-refractivity contribution in [1.29, 1.82) is 0 Å². The van der Waals surface area contributed by atoms with Crippen LogP contribution in [0.15, 0.2) is 75.9 Å². The number of para-hydroxylation sites is 1. The van der Waals surface area contributed by atoms with Crippen molar-refractivity contribution in [3.63, 3.8) is 0 Å². The molecule has 0 bridgehead atoms. The van der Waals surface area contributed by atoms with Crippen LogP contribution in [-0.4, -0.2) is 39.5 Å². The van der Waals surface area contributed by atoms with Gasteiger partial charge in [-0.2, -0.15) is 0 Å². The van der Waals surface area contributed by atoms with Crippen LogP contribution in [-0.2, 0) is 6.42 Å². The number of carbonyl (C=O) groups excluding carboxylic acids is 1. The number of benzene rings is 1. The normalized spacial score (nSPS) is 17.5. The van der Waals surface area contributed by atoms with Crippen molar-refractivity contribution < 1.29 is 9.21 Å². The van der Waals surface area contributed by atoms with Crippen molar-refractivity contribution in [2.45, 2.75) is 12.3 Å². The fraction of sp³-hybridized carbons (Fsp3) is 0.174. The summed E-state index contributed by atoms with van der Waals surface area (Å²) in [5.74, 6) is 0.297. The number of carbonyl (C=O) groups is 1. The molecule has 3 aromatic heterocycles. The van der Waals surface area contributed by atoms with E-state index in [2.05, 4.69) is 10.1 Å². The van der Waals surface area contributed by atoms with Gasteiger partial charge >= 0.3 is 0 Å². The molecule has 3 heterocycles. The van der Waals surface area contributed by atoms with Crippen LogP contribution >= 0.6 is 0 Å². The zero-order chi connectivity index (χ0) is 20.8. The van der Waals surface area contributed by atoms with Crippen molar-refractivity contribution in [3.05, 3.63) is 93.9 Å². The fourth-order valence-corrected chi connectivity index (χ4v) is 4.10. The molecule has 150 valence electrons. The fourth-order valence-electron chi connectivity index (χ4n) is 4.10. The number of fused-ring (bicyclic) bond motifs is 3. The maximum Gasteiger partial charge on any atom is 0.281 e. The Balaban J connectivity index is 1.74. The van der Waals surface area contributed by atoms with E-state index in [0.29, 0.717) is 45.6 Å². The van der Waals surface area contributed by atoms with Gasteiger partial charge in [0.25, 0.3) is 5.56 Å². The molecule has 4 aromatic rings. The summed E-state index contributed by atoms with van der Waals surface area (Å²) in [6.07, 6.45) is 5.47. The molecule has 5 rings (SSSR count). The van der Waals surface area contributed by atoms with Crippen LogP contribution in [0.4, 0.5) is 0 Å². The minimum absolute atomic E-state index is 0.132. The first-order chi connectivity index (χ1) is 14.5. The molecule has 0 amide bonds. The van der Waals surface area contributed by atoms with Crippen LogP contribution in [0.5, 0.6) is 0 Å². The average molecular weight is 400 g/mol. The lowest BCUT2D eigenvalue weighted by Gasteiger charge is -2.26. The largest absolute Gasteiger partial charge is 0.469 e. The van der Waals surface area contributed by atoms with Crippen LogP contribution in [0.3, 0.4) is 0 Å². The number of Topliss-reactive ketones (excluding diaryl/α,β-unsaturated/α-hetero) is 1. The SMILES string of the molecule is CN(C)/C=C1\C(=O)c2cnc3[nH]n(-c4ccccc4)c(=O)c3c2CC1c1ccco1. The van der Waals surface area contributed by atoms with Crippen molar-refractivity contribution in [3.8, 4) is 5.69 Å². The van der Waals surface area contributed by atoms with E-state index in [1.54, 1.807) is 12.5 Å². The molecule has 7 heteroatoms. The number of allylic oxidation sites excluding steroid dienone is 1. The van der Waals surface area contributed by atoms with Crippen molar-refractivity contribution in [2.24, 2.45) is 0 Å². The standard InChI is InChI=1S/C23H20N4O3/c1-26(2)13-18-15(19-9-6-10-30-19)11-16-17(21(18)28)12-24-22-20(16)23(29)27(25-22)14-7-4-3-5-8-14/h3-10,12-13,15H,11H2,1-2H3,(H,24,25)/b18-13-. The summed E-state index contributed by atoms with van der Waals surface area (Å²) in [6, 6.07) is 13.0. The summed E-state index contributed by atoms with van der Waals surface area (Å²) in [6.45, 7) is 0. The lowest BCUT2D eigenvalue weighted by Crippen LogP contribution is -2.25. The molecule has 1 aliphatic rings. The number of hydrogen-bond acceptors (Lipinski definition) is 5. The first-order valence-electron chi connectivity index (χ1n) is 9.69. The number of rotatable bonds is 3. The molecule has 0 radical (unpaired) electrons. The molecule has 1 N–H and O–H groups in total. The number of ketones is 1. The predicted octanol–water partition coefficient (Wildman–Crippen LogP) is 3.27. The van der Waals surface area contributed by atoms with E-state index in [4.69, 9.17) is 4.42 Å². The highest BCUT2D eigenvalue weighted by molar-refractivity contribution is 6.13. The summed E-state index contributed by atoms with van der Waals surface area (Å²) in [5, 5.41) is 3.52. The molecule has 0 saturated carbocycles. The molecule has 30 heavy (non-hydrogen) atoms. The summed E-state index contributed by atoms with van der Waals surface area (Å²) in [5.41, 5.74) is 2.77. The van der Waals surface area contributed by atoms with Gasteiger partial charge in [0.15, 0.2) is 11.4 Å². The summed E-state index contributed by atoms with van der Waals surface area (Å²) < 4.78 is 7.11. The number of pyridine rings is 1. The number of hydrogen-bond donors (Lipinski definition) is 1. The number of furan rings is 1. The number of H-pyrrole nitrogens is 1. The Morgan fingerprint density at radius 1 is 1.17 bits per heavy atom. The van der Waals surface area contributed by atoms with Gasteiger partial charge in [-0.1, -0.05) is 18.2 Å². The minimum atomic E-state index is -0.271. The number of aromatic amines is 1. The van der Waals surface area contributed by atoms with E-state index in [-0.39, 0.29) is 17.3 Å². The van der Waals surface area contributed by atoms with Gasteiger partial charge in [-0.25, -0.2) is 9.67 Å². The van der Waals surface area contributed by atoms with Gasteiger partial charge in [0, 0.05) is 37.6 Å². The Hall–Kier alpha value is -3.87. The van der Waals surface area contributed by atoms with E-state index in [1.807, 2.05) is 67.7 Å². The third-order valence-corrected chi connectivity index (χ3v) is 5.41. The van der Waals surface area contributed by atoms with E-state index in [0.717, 1.165) is 0 Å². The second-order valence-corrected chi connectivity index (χ2v) is 7.61. The number of nitrogens with zero attached hydrogens (tertiary/aromatic N) is 3. The van der Waals surface area contributed by atoms with Crippen LogP contribution in [0, 0.1) is 0 Å². The van der Waals surface area contributed by atoms with Crippen molar-refractivity contribution in [1.82, 2.24) is 19.7 Å². The summed E-state index contributed by atoms with van der Waals surface area (Å²) >= 11 is 0. The summed E-state index contributed by atoms with van der Waals surface area (Å²) in [7, 11) is 3.75. The Morgan fingerprint density at radius 3 is 2.67 bits per heavy atom. The zero-order valence-electron chi connectivity index (χ0n) is 16.6. The Bertz CT molecular complexity index is 1330. The van der Waals surface area contributed by atoms with Gasteiger partial charge in [0.2, 0.25) is 0 Å². The van der Waals surface area contributed by atoms with Gasteiger partial charge in [0.05, 0.1) is 23.3 Å². The molecule has 1 unspecified atom stereocenters. The van der Waals surface area contributed by atoms with Crippen LogP contribution in [0.2, 0.25) is 0 Å². The third kappa shape index (κ3) is 2.78. The van der Waals surface area contributed by atoms with Gasteiger partial charge in [-0.05, 0) is 36.2 Å². The van der Waals surface area contributed by atoms with Crippen molar-refractivity contribution in [2.75, 3.05) is 14.1 Å². The monoisotopic (exact) mass is 400 g/mol. The van der Waals surface area contributed by atoms with E-state index < -0.39 is 0 Å². The molecule has 0 aliphatic heterocycles. The van der Waals surface area contributed by atoms with Crippen LogP contribution in [0.1, 0.15) is 27.6 Å². The van der Waals surface area contributed by atoms with E-state index >= 15 is 0 Å². The molecule has 1 atom stereocenters. The second kappa shape index (κ2) is 6.88. The van der Waals surface area contributed by atoms with Crippen LogP contribution in [0.25, 0.3) is 16.7 Å². The first kappa shape index (κ1) is 18.2. The minimum Gasteiger partial charge on any atom is -0.469 e.